The minimum absolute atomic E-state index is 0.107. The van der Waals surface area contributed by atoms with E-state index in [4.69, 9.17) is 0 Å². The van der Waals surface area contributed by atoms with Gasteiger partial charge in [-0.25, -0.2) is 16.8 Å². The van der Waals surface area contributed by atoms with Gasteiger partial charge in [0.15, 0.2) is 0 Å². The quantitative estimate of drug-likeness (QED) is 0.246. The molecule has 0 atom stereocenters. The third-order valence-electron chi connectivity index (χ3n) is 6.86. The molecule has 214 valence electrons. The number of piperazine rings is 1. The number of likely N-dealkylation sites (N-methyl/N-ethyl adjacent to an activating group) is 1. The van der Waals surface area contributed by atoms with Crippen LogP contribution in [0.15, 0.2) is 113 Å². The van der Waals surface area contributed by atoms with Crippen molar-refractivity contribution in [1.29, 1.82) is 0 Å². The van der Waals surface area contributed by atoms with Crippen LogP contribution in [-0.2, 0) is 26.6 Å². The Balaban J connectivity index is 1.64. The predicted molar refractivity (Wildman–Crippen MR) is 164 cm³/mol. The molecule has 4 aromatic rings. The van der Waals surface area contributed by atoms with Crippen LogP contribution >= 0.6 is 0 Å². The third-order valence-corrected chi connectivity index (χ3v) is 9.69. The molecule has 4 aromatic carbocycles. The zero-order valence-electron chi connectivity index (χ0n) is 22.7. The average molecular weight is 592 g/mol. The van der Waals surface area contributed by atoms with Crippen LogP contribution in [0.5, 0.6) is 0 Å². The summed E-state index contributed by atoms with van der Waals surface area (Å²) in [5.74, 6) is 0. The first-order valence-electron chi connectivity index (χ1n) is 13.3. The molecule has 1 fully saturated rings. The van der Waals surface area contributed by atoms with Crippen molar-refractivity contribution in [3.63, 3.8) is 0 Å². The molecule has 41 heavy (non-hydrogen) atoms. The van der Waals surface area contributed by atoms with Gasteiger partial charge in [-0.2, -0.15) is 0 Å². The van der Waals surface area contributed by atoms with Gasteiger partial charge in [0.2, 0.25) is 0 Å². The number of hydrogen-bond acceptors (Lipinski definition) is 7. The average Bonchev–Trinajstić information content (AvgIpc) is 2.97. The van der Waals surface area contributed by atoms with Crippen molar-refractivity contribution in [3.8, 4) is 0 Å². The molecule has 5 rings (SSSR count). The maximum atomic E-state index is 13.9. The van der Waals surface area contributed by atoms with E-state index in [-0.39, 0.29) is 9.79 Å². The van der Waals surface area contributed by atoms with Gasteiger partial charge in [0.1, 0.15) is 9.79 Å². The summed E-state index contributed by atoms with van der Waals surface area (Å²) in [6, 6.07) is 29.6. The molecule has 0 bridgehead atoms. The molecule has 1 aliphatic rings. The van der Waals surface area contributed by atoms with Gasteiger partial charge in [-0.05, 0) is 49.0 Å². The highest BCUT2D eigenvalue weighted by atomic mass is 32.2. The fraction of sp³-hybridized carbons (Fsp3) is 0.200. The molecule has 0 spiro atoms. The largest absolute Gasteiger partial charge is 0.380 e. The van der Waals surface area contributed by atoms with Crippen molar-refractivity contribution in [2.24, 2.45) is 0 Å². The summed E-state index contributed by atoms with van der Waals surface area (Å²) in [5, 5.41) is 3.27. The summed E-state index contributed by atoms with van der Waals surface area (Å²) in [7, 11) is -6.35. The Hall–Kier alpha value is -4.06. The van der Waals surface area contributed by atoms with Crippen LogP contribution in [0.2, 0.25) is 0 Å². The van der Waals surface area contributed by atoms with E-state index in [1.807, 2.05) is 42.3 Å². The molecule has 0 aliphatic carbocycles. The SMILES string of the molecule is CN1CCN(c2cc(NCc3ccccc3)c(S(=O)(=O)Nc3ccccc3)cc2S(=O)(=O)Nc2ccccc2)CC1. The number of hydrogen-bond donors (Lipinski definition) is 3. The first kappa shape index (κ1) is 28.5. The molecule has 1 aliphatic heterocycles. The normalized spacial score (nSPS) is 14.4. The lowest BCUT2D eigenvalue weighted by Gasteiger charge is -2.35. The van der Waals surface area contributed by atoms with Crippen molar-refractivity contribution in [2.45, 2.75) is 16.3 Å². The topological polar surface area (TPSA) is 111 Å². The van der Waals surface area contributed by atoms with Crippen LogP contribution in [0.25, 0.3) is 0 Å². The Labute approximate surface area is 241 Å². The molecule has 0 saturated carbocycles. The number of sulfonamides is 2. The van der Waals surface area contributed by atoms with E-state index in [0.29, 0.717) is 42.4 Å². The molecular weight excluding hydrogens is 558 g/mol. The number of anilines is 4. The van der Waals surface area contributed by atoms with E-state index < -0.39 is 20.0 Å². The lowest BCUT2D eigenvalue weighted by atomic mass is 10.2. The second-order valence-corrected chi connectivity index (χ2v) is 13.2. The Morgan fingerprint density at radius 2 is 1.12 bits per heavy atom. The number of nitrogens with zero attached hydrogens (tertiary/aromatic N) is 2. The van der Waals surface area contributed by atoms with Gasteiger partial charge in [-0.1, -0.05) is 66.7 Å². The van der Waals surface area contributed by atoms with Crippen LogP contribution in [-0.4, -0.2) is 55.0 Å². The van der Waals surface area contributed by atoms with Crippen LogP contribution in [0.4, 0.5) is 22.7 Å². The second kappa shape index (κ2) is 12.2. The Kier molecular flexibility index (Phi) is 8.48. The molecule has 0 unspecified atom stereocenters. The fourth-order valence-corrected chi connectivity index (χ4v) is 7.26. The van der Waals surface area contributed by atoms with Gasteiger partial charge in [0, 0.05) is 44.1 Å². The smallest absolute Gasteiger partial charge is 0.264 e. The zero-order valence-corrected chi connectivity index (χ0v) is 24.3. The minimum atomic E-state index is -4.19. The van der Waals surface area contributed by atoms with Crippen LogP contribution in [0, 0.1) is 0 Å². The predicted octanol–water partition coefficient (Wildman–Crippen LogP) is 4.65. The van der Waals surface area contributed by atoms with Gasteiger partial charge < -0.3 is 15.1 Å². The van der Waals surface area contributed by atoms with Gasteiger partial charge in [-0.15, -0.1) is 0 Å². The van der Waals surface area contributed by atoms with Crippen molar-refractivity contribution in [3.05, 3.63) is 109 Å². The Morgan fingerprint density at radius 3 is 1.66 bits per heavy atom. The maximum absolute atomic E-state index is 13.9. The van der Waals surface area contributed by atoms with E-state index in [1.54, 1.807) is 66.7 Å². The first-order chi connectivity index (χ1) is 19.7. The molecule has 9 nitrogen and oxygen atoms in total. The van der Waals surface area contributed by atoms with Crippen LogP contribution < -0.4 is 19.7 Å². The maximum Gasteiger partial charge on any atom is 0.264 e. The van der Waals surface area contributed by atoms with E-state index in [2.05, 4.69) is 19.7 Å². The monoisotopic (exact) mass is 591 g/mol. The van der Waals surface area contributed by atoms with E-state index in [9.17, 15) is 16.8 Å². The van der Waals surface area contributed by atoms with Crippen LogP contribution in [0.3, 0.4) is 0 Å². The molecule has 0 amide bonds. The summed E-state index contributed by atoms with van der Waals surface area (Å²) in [6.45, 7) is 3.03. The molecule has 3 N–H and O–H groups in total. The number of para-hydroxylation sites is 2. The van der Waals surface area contributed by atoms with Crippen molar-refractivity contribution >= 4 is 42.8 Å². The van der Waals surface area contributed by atoms with Crippen LogP contribution in [0.1, 0.15) is 5.56 Å². The number of benzene rings is 4. The standard InChI is InChI=1S/C30H33N5O4S2/c1-34-17-19-35(20-18-34)28-21-27(31-23-24-11-5-2-6-12-24)29(40(36,37)32-25-13-7-3-8-14-25)22-30(28)41(38,39)33-26-15-9-4-10-16-26/h2-16,21-22,31-33H,17-20,23H2,1H3. The van der Waals surface area contributed by atoms with Gasteiger partial charge in [-0.3, -0.25) is 9.44 Å². The molecular formula is C30H33N5O4S2. The Bertz CT molecular complexity index is 1680. The van der Waals surface area contributed by atoms with Crippen molar-refractivity contribution < 1.29 is 16.8 Å². The fourth-order valence-electron chi connectivity index (χ4n) is 4.65. The minimum Gasteiger partial charge on any atom is -0.380 e. The van der Waals surface area contributed by atoms with Crippen molar-refractivity contribution in [2.75, 3.05) is 52.9 Å². The van der Waals surface area contributed by atoms with E-state index in [0.717, 1.165) is 18.7 Å². The highest BCUT2D eigenvalue weighted by Gasteiger charge is 2.30. The third kappa shape index (κ3) is 6.99. The van der Waals surface area contributed by atoms with E-state index in [1.165, 1.54) is 6.07 Å². The van der Waals surface area contributed by atoms with Gasteiger partial charge in [0.25, 0.3) is 20.0 Å². The number of rotatable bonds is 10. The second-order valence-electron chi connectivity index (χ2n) is 9.89. The molecule has 0 aromatic heterocycles. The summed E-state index contributed by atoms with van der Waals surface area (Å²) < 4.78 is 60.6. The summed E-state index contributed by atoms with van der Waals surface area (Å²) in [5.41, 5.74) is 2.46. The highest BCUT2D eigenvalue weighted by Crippen LogP contribution is 2.36. The Morgan fingerprint density at radius 1 is 0.634 bits per heavy atom. The number of nitrogens with one attached hydrogen (secondary N) is 3. The lowest BCUT2D eigenvalue weighted by molar-refractivity contribution is 0.312. The van der Waals surface area contributed by atoms with Crippen molar-refractivity contribution in [1.82, 2.24) is 4.90 Å². The summed E-state index contributed by atoms with van der Waals surface area (Å²) >= 11 is 0. The molecule has 11 heteroatoms. The lowest BCUT2D eigenvalue weighted by Crippen LogP contribution is -2.45. The zero-order chi connectivity index (χ0) is 28.9. The molecule has 1 heterocycles. The summed E-state index contributed by atoms with van der Waals surface area (Å²) in [6.07, 6.45) is 0. The summed E-state index contributed by atoms with van der Waals surface area (Å²) in [4.78, 5) is 3.89. The molecule has 0 radical (unpaired) electrons. The van der Waals surface area contributed by atoms with Gasteiger partial charge >= 0.3 is 0 Å². The van der Waals surface area contributed by atoms with E-state index >= 15 is 0 Å². The molecule has 1 saturated heterocycles. The highest BCUT2D eigenvalue weighted by molar-refractivity contribution is 7.93. The van der Waals surface area contributed by atoms with Gasteiger partial charge in [0.05, 0.1) is 11.4 Å². The first-order valence-corrected chi connectivity index (χ1v) is 16.2.